The molecule has 0 aliphatic carbocycles. The molecule has 0 unspecified atom stereocenters. The molecule has 0 spiro atoms. The summed E-state index contributed by atoms with van der Waals surface area (Å²) in [7, 11) is 1.54. The normalized spacial score (nSPS) is 10.7. The van der Waals surface area contributed by atoms with Crippen LogP contribution in [0.2, 0.25) is 5.02 Å². The van der Waals surface area contributed by atoms with Gasteiger partial charge in [-0.1, -0.05) is 43.7 Å². The number of methoxy groups -OCH3 is 1. The smallest absolute Gasteiger partial charge is 0.179 e. The van der Waals surface area contributed by atoms with Crippen LogP contribution in [0.4, 0.5) is 0 Å². The monoisotopic (exact) mass is 393 g/mol. The molecule has 0 amide bonds. The summed E-state index contributed by atoms with van der Waals surface area (Å²) in [5, 5.41) is 0.393. The highest BCUT2D eigenvalue weighted by atomic mass is 35.5. The zero-order valence-corrected chi connectivity index (χ0v) is 17.0. The fourth-order valence-electron chi connectivity index (χ4n) is 2.69. The molecule has 0 bridgehead atoms. The highest BCUT2D eigenvalue weighted by molar-refractivity contribution is 7.80. The maximum Gasteiger partial charge on any atom is 0.179 e. The first-order valence-electron chi connectivity index (χ1n) is 8.37. The van der Waals surface area contributed by atoms with Gasteiger partial charge in [0.25, 0.3) is 0 Å². The molecule has 0 radical (unpaired) electrons. The Morgan fingerprint density at radius 2 is 1.85 bits per heavy atom. The number of rotatable bonds is 8. The van der Waals surface area contributed by atoms with Crippen molar-refractivity contribution >= 4 is 28.8 Å². The number of hydrogen-bond donors (Lipinski definition) is 1. The maximum atomic E-state index is 6.26. The van der Waals surface area contributed by atoms with Crippen molar-refractivity contribution in [2.75, 3.05) is 20.3 Å². The van der Waals surface area contributed by atoms with Crippen LogP contribution in [0.5, 0.6) is 17.2 Å². The fraction of sp³-hybridized carbons (Fsp3) is 0.350. The molecule has 0 heterocycles. The van der Waals surface area contributed by atoms with Gasteiger partial charge in [-0.25, -0.2) is 0 Å². The van der Waals surface area contributed by atoms with Crippen LogP contribution in [-0.2, 0) is 0 Å². The Balaban J connectivity index is 1.98. The van der Waals surface area contributed by atoms with Gasteiger partial charge in [-0.05, 0) is 48.2 Å². The molecule has 2 aromatic carbocycles. The molecule has 4 nitrogen and oxygen atoms in total. The van der Waals surface area contributed by atoms with E-state index < -0.39 is 0 Å². The summed E-state index contributed by atoms with van der Waals surface area (Å²) in [5.41, 5.74) is 8.81. The summed E-state index contributed by atoms with van der Waals surface area (Å²) in [4.78, 5) is 0.250. The first kappa shape index (κ1) is 20.3. The van der Waals surface area contributed by atoms with E-state index in [-0.39, 0.29) is 4.99 Å². The lowest BCUT2D eigenvalue weighted by Crippen LogP contribution is -2.12. The fourth-order valence-corrected chi connectivity index (χ4v) is 3.07. The summed E-state index contributed by atoms with van der Waals surface area (Å²) in [6, 6.07) is 9.49. The number of benzene rings is 2. The molecule has 26 heavy (non-hydrogen) atoms. The Hall–Kier alpha value is -1.98. The van der Waals surface area contributed by atoms with Gasteiger partial charge in [-0.3, -0.25) is 0 Å². The summed E-state index contributed by atoms with van der Waals surface area (Å²) >= 11 is 11.2. The molecular weight excluding hydrogens is 370 g/mol. The largest absolute Gasteiger partial charge is 0.493 e. The molecule has 0 saturated carbocycles. The zero-order chi connectivity index (χ0) is 19.3. The zero-order valence-electron chi connectivity index (χ0n) is 15.5. The molecule has 6 heteroatoms. The van der Waals surface area contributed by atoms with Crippen molar-refractivity contribution < 1.29 is 14.2 Å². The van der Waals surface area contributed by atoms with Gasteiger partial charge < -0.3 is 19.9 Å². The minimum absolute atomic E-state index is 0.250. The van der Waals surface area contributed by atoms with Crippen LogP contribution in [-0.4, -0.2) is 25.3 Å². The van der Waals surface area contributed by atoms with Gasteiger partial charge >= 0.3 is 0 Å². The van der Waals surface area contributed by atoms with Crippen LogP contribution < -0.4 is 19.9 Å². The van der Waals surface area contributed by atoms with Crippen LogP contribution in [0.25, 0.3) is 0 Å². The van der Waals surface area contributed by atoms with Crippen LogP contribution in [0, 0.1) is 6.92 Å². The van der Waals surface area contributed by atoms with Gasteiger partial charge in [0.05, 0.1) is 12.1 Å². The van der Waals surface area contributed by atoms with Crippen LogP contribution in [0.1, 0.15) is 36.5 Å². The number of thiocarbonyl (C=S) groups is 1. The number of nitrogens with two attached hydrogens (primary N) is 1. The molecule has 2 rings (SSSR count). The molecule has 2 aromatic rings. The molecule has 0 aromatic heterocycles. The van der Waals surface area contributed by atoms with Gasteiger partial charge in [0.15, 0.2) is 11.5 Å². The van der Waals surface area contributed by atoms with Crippen molar-refractivity contribution in [3.8, 4) is 17.2 Å². The van der Waals surface area contributed by atoms with E-state index in [1.807, 2.05) is 12.1 Å². The van der Waals surface area contributed by atoms with Crippen molar-refractivity contribution in [2.45, 2.75) is 26.7 Å². The summed E-state index contributed by atoms with van der Waals surface area (Å²) < 4.78 is 16.8. The molecule has 0 saturated heterocycles. The first-order valence-corrected chi connectivity index (χ1v) is 9.15. The molecular formula is C20H24ClNO3S. The van der Waals surface area contributed by atoms with Crippen molar-refractivity contribution in [3.63, 3.8) is 0 Å². The topological polar surface area (TPSA) is 53.7 Å². The van der Waals surface area contributed by atoms with Gasteiger partial charge in [-0.2, -0.15) is 0 Å². The average Bonchev–Trinajstić information content (AvgIpc) is 2.58. The number of halogens is 1. The van der Waals surface area contributed by atoms with E-state index >= 15 is 0 Å². The van der Waals surface area contributed by atoms with E-state index in [0.29, 0.717) is 41.2 Å². The Kier molecular flexibility index (Phi) is 7.12. The van der Waals surface area contributed by atoms with Crippen LogP contribution in [0.15, 0.2) is 30.3 Å². The van der Waals surface area contributed by atoms with Gasteiger partial charge in [0, 0.05) is 5.56 Å². The molecule has 0 aliphatic heterocycles. The van der Waals surface area contributed by atoms with Gasteiger partial charge in [0.1, 0.15) is 24.0 Å². The quantitative estimate of drug-likeness (QED) is 0.512. The maximum absolute atomic E-state index is 6.26. The molecule has 0 atom stereocenters. The standard InChI is InChI=1S/C20H24ClNO3S/c1-12(2)16-6-5-15(9-13(16)3)24-7-8-25-19-17(21)10-14(20(22)26)11-18(19)23-4/h5-6,9-12H,7-8H2,1-4H3,(H2,22,26). The highest BCUT2D eigenvalue weighted by Gasteiger charge is 2.13. The second kappa shape index (κ2) is 9.10. The Morgan fingerprint density at radius 3 is 2.42 bits per heavy atom. The number of aryl methyl sites for hydroxylation is 1. The third kappa shape index (κ3) is 5.02. The lowest BCUT2D eigenvalue weighted by Gasteiger charge is -2.15. The second-order valence-electron chi connectivity index (χ2n) is 6.22. The predicted octanol–water partition coefficient (Wildman–Crippen LogP) is 4.87. The van der Waals surface area contributed by atoms with Crippen LogP contribution in [0.3, 0.4) is 0 Å². The van der Waals surface area contributed by atoms with Crippen LogP contribution >= 0.6 is 23.8 Å². The molecule has 2 N–H and O–H groups in total. The van der Waals surface area contributed by atoms with Gasteiger partial charge in [0.2, 0.25) is 0 Å². The van der Waals surface area contributed by atoms with E-state index in [2.05, 4.69) is 26.8 Å². The Bertz CT molecular complexity index is 793. The summed E-state index contributed by atoms with van der Waals surface area (Å²) in [6.07, 6.45) is 0. The predicted molar refractivity (Wildman–Crippen MR) is 110 cm³/mol. The summed E-state index contributed by atoms with van der Waals surface area (Å²) in [6.45, 7) is 7.16. The number of ether oxygens (including phenoxy) is 3. The summed E-state index contributed by atoms with van der Waals surface area (Å²) in [5.74, 6) is 2.24. The number of hydrogen-bond acceptors (Lipinski definition) is 4. The Labute approximate surface area is 165 Å². The Morgan fingerprint density at radius 1 is 1.15 bits per heavy atom. The average molecular weight is 394 g/mol. The highest BCUT2D eigenvalue weighted by Crippen LogP contribution is 2.36. The molecule has 0 fully saturated rings. The van der Waals surface area contributed by atoms with Crippen molar-refractivity contribution in [2.24, 2.45) is 5.73 Å². The third-order valence-corrected chi connectivity index (χ3v) is 4.49. The lowest BCUT2D eigenvalue weighted by molar-refractivity contribution is 0.211. The van der Waals surface area contributed by atoms with Crippen molar-refractivity contribution in [3.05, 3.63) is 52.0 Å². The van der Waals surface area contributed by atoms with Gasteiger partial charge in [-0.15, -0.1) is 0 Å². The SMILES string of the molecule is COc1cc(C(N)=S)cc(Cl)c1OCCOc1ccc(C(C)C)c(C)c1. The molecule has 140 valence electrons. The second-order valence-corrected chi connectivity index (χ2v) is 7.07. The van der Waals surface area contributed by atoms with E-state index in [4.69, 9.17) is 43.8 Å². The van der Waals surface area contributed by atoms with Crippen molar-refractivity contribution in [1.29, 1.82) is 0 Å². The van der Waals surface area contributed by atoms with E-state index in [1.165, 1.54) is 18.2 Å². The van der Waals surface area contributed by atoms with Crippen molar-refractivity contribution in [1.82, 2.24) is 0 Å². The van der Waals surface area contributed by atoms with E-state index in [1.54, 1.807) is 12.1 Å². The molecule has 0 aliphatic rings. The third-order valence-electron chi connectivity index (χ3n) is 3.98. The first-order chi connectivity index (χ1) is 12.3. The minimum atomic E-state index is 0.250. The lowest BCUT2D eigenvalue weighted by atomic mass is 9.98. The van der Waals surface area contributed by atoms with E-state index in [0.717, 1.165) is 5.75 Å². The minimum Gasteiger partial charge on any atom is -0.493 e. The van der Waals surface area contributed by atoms with E-state index in [9.17, 15) is 0 Å².